The summed E-state index contributed by atoms with van der Waals surface area (Å²) in [5.41, 5.74) is 4.60. The molecule has 2 amide bonds. The molecule has 0 saturated heterocycles. The molecule has 32 heavy (non-hydrogen) atoms. The summed E-state index contributed by atoms with van der Waals surface area (Å²) in [6.45, 7) is 4.16. The van der Waals surface area contributed by atoms with Crippen molar-refractivity contribution in [2.24, 2.45) is 5.92 Å². The Bertz CT molecular complexity index is 1140. The molecule has 4 rings (SSSR count). The number of rotatable bonds is 7. The molecule has 1 aliphatic carbocycles. The molecule has 1 atom stereocenters. The summed E-state index contributed by atoms with van der Waals surface area (Å²) in [6.07, 6.45) is -0.159. The Balaban J connectivity index is 1.42. The third-order valence-electron chi connectivity index (χ3n) is 5.33. The van der Waals surface area contributed by atoms with Gasteiger partial charge in [-0.2, -0.15) is 0 Å². The molecular weight excluding hydrogens is 444 g/mol. The van der Waals surface area contributed by atoms with E-state index in [4.69, 9.17) is 17.0 Å². The molecular formula is C23H24N4O3S2. The Labute approximate surface area is 195 Å². The lowest BCUT2D eigenvalue weighted by molar-refractivity contribution is -0.118. The van der Waals surface area contributed by atoms with Gasteiger partial charge in [0.05, 0.1) is 0 Å². The number of hydrogen-bond acceptors (Lipinski definition) is 6. The van der Waals surface area contributed by atoms with Crippen LogP contribution in [0.5, 0.6) is 0 Å². The number of amides is 2. The van der Waals surface area contributed by atoms with Crippen molar-refractivity contribution in [1.29, 1.82) is 0 Å². The molecule has 3 aromatic rings. The number of carbonyl (C=O) groups excluding carboxylic acids is 2. The fourth-order valence-corrected chi connectivity index (χ4v) is 4.75. The molecule has 9 heteroatoms. The zero-order valence-corrected chi connectivity index (χ0v) is 19.4. The van der Waals surface area contributed by atoms with Crippen molar-refractivity contribution in [2.45, 2.75) is 32.2 Å². The van der Waals surface area contributed by atoms with Gasteiger partial charge in [-0.05, 0) is 46.8 Å². The van der Waals surface area contributed by atoms with Crippen LogP contribution >= 0.6 is 23.6 Å². The van der Waals surface area contributed by atoms with Crippen LogP contribution in [0.3, 0.4) is 0 Å². The van der Waals surface area contributed by atoms with E-state index in [1.165, 1.54) is 0 Å². The number of hydrogen-bond donors (Lipinski definition) is 3. The van der Waals surface area contributed by atoms with Crippen molar-refractivity contribution in [3.8, 4) is 11.1 Å². The first-order valence-electron chi connectivity index (χ1n) is 10.4. The van der Waals surface area contributed by atoms with Gasteiger partial charge in [-0.15, -0.1) is 5.10 Å². The van der Waals surface area contributed by atoms with E-state index >= 15 is 0 Å². The van der Waals surface area contributed by atoms with E-state index in [1.807, 2.05) is 38.1 Å². The van der Waals surface area contributed by atoms with Crippen LogP contribution in [0, 0.1) is 9.87 Å². The van der Waals surface area contributed by atoms with Crippen LogP contribution in [-0.2, 0) is 9.53 Å². The summed E-state index contributed by atoms with van der Waals surface area (Å²) >= 11 is 6.15. The molecule has 0 fully saturated rings. The number of alkyl carbamates (subject to hydrolysis) is 1. The summed E-state index contributed by atoms with van der Waals surface area (Å²) in [4.78, 5) is 25.3. The zero-order chi connectivity index (χ0) is 22.7. The second kappa shape index (κ2) is 9.62. The normalized spacial score (nSPS) is 13.3. The fraction of sp³-hybridized carbons (Fsp3) is 0.304. The van der Waals surface area contributed by atoms with Crippen LogP contribution in [-0.4, -0.2) is 34.8 Å². The van der Waals surface area contributed by atoms with Crippen LogP contribution < -0.4 is 10.6 Å². The molecule has 1 aliphatic rings. The molecule has 1 heterocycles. The maximum absolute atomic E-state index is 12.7. The highest BCUT2D eigenvalue weighted by Gasteiger charge is 2.30. The van der Waals surface area contributed by atoms with E-state index in [0.717, 1.165) is 33.6 Å². The van der Waals surface area contributed by atoms with E-state index in [0.29, 0.717) is 15.5 Å². The maximum atomic E-state index is 12.7. The van der Waals surface area contributed by atoms with Gasteiger partial charge in [-0.25, -0.2) is 4.79 Å². The van der Waals surface area contributed by atoms with E-state index < -0.39 is 12.1 Å². The van der Waals surface area contributed by atoms with Crippen LogP contribution in [0.2, 0.25) is 0 Å². The van der Waals surface area contributed by atoms with Gasteiger partial charge in [0, 0.05) is 5.92 Å². The first-order valence-corrected chi connectivity index (χ1v) is 11.6. The second-order valence-electron chi connectivity index (χ2n) is 8.06. The Hall–Kier alpha value is -3.04. The monoisotopic (exact) mass is 468 g/mol. The van der Waals surface area contributed by atoms with E-state index in [1.54, 1.807) is 0 Å². The van der Waals surface area contributed by atoms with E-state index in [-0.39, 0.29) is 24.3 Å². The fourth-order valence-electron chi connectivity index (χ4n) is 3.96. The van der Waals surface area contributed by atoms with Gasteiger partial charge in [0.15, 0.2) is 3.95 Å². The van der Waals surface area contributed by atoms with Gasteiger partial charge in [0.1, 0.15) is 12.6 Å². The molecule has 1 aromatic heterocycles. The van der Waals surface area contributed by atoms with Gasteiger partial charge in [0.25, 0.3) is 0 Å². The molecule has 1 unspecified atom stereocenters. The number of benzene rings is 2. The lowest BCUT2D eigenvalue weighted by Gasteiger charge is -2.20. The number of nitrogens with one attached hydrogen (secondary N) is 3. The number of carbonyl (C=O) groups is 2. The van der Waals surface area contributed by atoms with Crippen LogP contribution in [0.25, 0.3) is 11.1 Å². The lowest BCUT2D eigenvalue weighted by atomic mass is 9.98. The highest BCUT2D eigenvalue weighted by atomic mass is 32.1. The van der Waals surface area contributed by atoms with Crippen molar-refractivity contribution >= 4 is 40.7 Å². The quantitative estimate of drug-likeness (QED) is 0.420. The molecule has 0 aliphatic heterocycles. The predicted molar refractivity (Wildman–Crippen MR) is 127 cm³/mol. The largest absolute Gasteiger partial charge is 0.449 e. The van der Waals surface area contributed by atoms with Crippen molar-refractivity contribution in [3.63, 3.8) is 0 Å². The summed E-state index contributed by atoms with van der Waals surface area (Å²) in [5, 5.41) is 12.3. The number of H-pyrrole nitrogens is 1. The van der Waals surface area contributed by atoms with Crippen molar-refractivity contribution in [1.82, 2.24) is 15.5 Å². The molecule has 0 saturated carbocycles. The third-order valence-corrected chi connectivity index (χ3v) is 6.33. The van der Waals surface area contributed by atoms with Gasteiger partial charge >= 0.3 is 6.09 Å². The zero-order valence-electron chi connectivity index (χ0n) is 17.8. The van der Waals surface area contributed by atoms with Crippen molar-refractivity contribution in [2.75, 3.05) is 11.9 Å². The number of fused-ring (bicyclic) bond motifs is 3. The van der Waals surface area contributed by atoms with Gasteiger partial charge < -0.3 is 10.1 Å². The van der Waals surface area contributed by atoms with Crippen molar-refractivity contribution in [3.05, 3.63) is 63.6 Å². The van der Waals surface area contributed by atoms with Crippen molar-refractivity contribution < 1.29 is 14.3 Å². The van der Waals surface area contributed by atoms with Gasteiger partial charge in [-0.1, -0.05) is 73.7 Å². The summed E-state index contributed by atoms with van der Waals surface area (Å²) in [6, 6.07) is 15.6. The maximum Gasteiger partial charge on any atom is 0.407 e. The first kappa shape index (κ1) is 22.2. The molecule has 166 valence electrons. The Kier molecular flexibility index (Phi) is 6.66. The number of nitrogens with zero attached hydrogens (tertiary/aromatic N) is 1. The number of anilines is 1. The average Bonchev–Trinajstić information content (AvgIpc) is 3.32. The van der Waals surface area contributed by atoms with E-state index in [9.17, 15) is 9.59 Å². The van der Waals surface area contributed by atoms with Crippen LogP contribution in [0.15, 0.2) is 48.5 Å². The topological polar surface area (TPSA) is 96.1 Å². The Morgan fingerprint density at radius 3 is 2.31 bits per heavy atom. The molecule has 0 spiro atoms. The number of ether oxygens (including phenoxy) is 1. The SMILES string of the molecule is CC(C)CC(NC(=O)OCC1c2ccccc2-c2ccccc21)C(=O)Nc1n[nH]c(=S)s1. The standard InChI is InChI=1S/C23H24N4O3S2/c1-13(2)11-19(20(28)25-21-26-27-23(31)32-21)24-22(29)30-12-18-16-9-5-3-7-14(16)15-8-4-6-10-17(15)18/h3-10,13,18-19H,11-12H2,1-2H3,(H,24,29)(H,27,31)(H,25,26,28). The van der Waals surface area contributed by atoms with Crippen LogP contribution in [0.4, 0.5) is 9.93 Å². The number of aromatic nitrogens is 2. The Morgan fingerprint density at radius 2 is 1.75 bits per heavy atom. The summed E-state index contributed by atoms with van der Waals surface area (Å²) in [7, 11) is 0. The predicted octanol–water partition coefficient (Wildman–Crippen LogP) is 5.09. The summed E-state index contributed by atoms with van der Waals surface area (Å²) in [5.74, 6) is -0.205. The Morgan fingerprint density at radius 1 is 1.12 bits per heavy atom. The van der Waals surface area contributed by atoms with E-state index in [2.05, 4.69) is 45.1 Å². The first-order chi connectivity index (χ1) is 15.4. The minimum Gasteiger partial charge on any atom is -0.449 e. The molecule has 3 N–H and O–H groups in total. The molecule has 7 nitrogen and oxygen atoms in total. The van der Waals surface area contributed by atoms with Crippen LogP contribution in [0.1, 0.15) is 37.3 Å². The molecule has 0 radical (unpaired) electrons. The second-order valence-corrected chi connectivity index (χ2v) is 9.73. The lowest BCUT2D eigenvalue weighted by Crippen LogP contribution is -2.45. The highest BCUT2D eigenvalue weighted by molar-refractivity contribution is 7.73. The average molecular weight is 469 g/mol. The molecule has 0 bridgehead atoms. The molecule has 2 aromatic carbocycles. The third kappa shape index (κ3) is 4.89. The van der Waals surface area contributed by atoms with Gasteiger partial charge in [-0.3, -0.25) is 15.2 Å². The smallest absolute Gasteiger partial charge is 0.407 e. The summed E-state index contributed by atoms with van der Waals surface area (Å²) < 4.78 is 6.05. The van der Waals surface area contributed by atoms with Gasteiger partial charge in [0.2, 0.25) is 11.0 Å². The number of aromatic amines is 1. The highest BCUT2D eigenvalue weighted by Crippen LogP contribution is 2.44. The minimum atomic E-state index is -0.747. The minimum absolute atomic E-state index is 0.0399.